The van der Waals surface area contributed by atoms with Gasteiger partial charge in [-0.05, 0) is 12.5 Å². The van der Waals surface area contributed by atoms with Gasteiger partial charge in [-0.3, -0.25) is 0 Å². The molecule has 2 rings (SSSR count). The maximum Gasteiger partial charge on any atom is 0.0174 e. The molecule has 64 valence electrons. The molecular formula is C11H15N. The van der Waals surface area contributed by atoms with Crippen LogP contribution in [0.5, 0.6) is 0 Å². The zero-order valence-electron chi connectivity index (χ0n) is 7.72. The van der Waals surface area contributed by atoms with E-state index in [0.717, 1.165) is 13.1 Å². The molecule has 1 N–H and O–H groups in total. The predicted molar refractivity (Wildman–Crippen MR) is 51.4 cm³/mol. The summed E-state index contributed by atoms with van der Waals surface area (Å²) in [5.74, 6) is 0. The van der Waals surface area contributed by atoms with E-state index in [2.05, 4.69) is 43.4 Å². The predicted octanol–water partition coefficient (Wildman–Crippen LogP) is 1.86. The summed E-state index contributed by atoms with van der Waals surface area (Å²) in [5.41, 5.74) is 3.20. The Hall–Kier alpha value is -0.820. The van der Waals surface area contributed by atoms with Gasteiger partial charge in [-0.1, -0.05) is 36.8 Å². The first-order valence-corrected chi connectivity index (χ1v) is 4.49. The standard InChI is InChI=1S/C11H15N/c1-9-3-5-10(6-4-9)11(2)7-12-8-11/h3-6,12H,7-8H2,1-2H3. The smallest absolute Gasteiger partial charge is 0.0174 e. The van der Waals surface area contributed by atoms with Crippen molar-refractivity contribution in [3.8, 4) is 0 Å². The molecule has 1 heteroatoms. The molecule has 1 aromatic rings. The Morgan fingerprint density at radius 2 is 1.75 bits per heavy atom. The van der Waals surface area contributed by atoms with Crippen molar-refractivity contribution in [1.82, 2.24) is 5.32 Å². The van der Waals surface area contributed by atoms with Crippen molar-refractivity contribution >= 4 is 0 Å². The third-order valence-corrected chi connectivity index (χ3v) is 2.78. The fraction of sp³-hybridized carbons (Fsp3) is 0.455. The minimum absolute atomic E-state index is 0.397. The molecule has 0 spiro atoms. The average molecular weight is 161 g/mol. The van der Waals surface area contributed by atoms with Crippen LogP contribution in [0.1, 0.15) is 18.1 Å². The summed E-state index contributed by atoms with van der Waals surface area (Å²) in [4.78, 5) is 0. The highest BCUT2D eigenvalue weighted by Gasteiger charge is 2.32. The molecule has 0 bridgehead atoms. The SMILES string of the molecule is Cc1ccc(C2(C)CNC2)cc1. The first-order chi connectivity index (χ1) is 5.71. The summed E-state index contributed by atoms with van der Waals surface area (Å²) in [6.07, 6.45) is 0. The summed E-state index contributed by atoms with van der Waals surface area (Å²) >= 11 is 0. The van der Waals surface area contributed by atoms with Crippen molar-refractivity contribution in [2.24, 2.45) is 0 Å². The molecule has 0 saturated carbocycles. The Kier molecular flexibility index (Phi) is 1.69. The molecule has 0 radical (unpaired) electrons. The quantitative estimate of drug-likeness (QED) is 0.663. The molecule has 0 unspecified atom stereocenters. The molecule has 1 aliphatic rings. The lowest BCUT2D eigenvalue weighted by atomic mass is 9.77. The number of rotatable bonds is 1. The highest BCUT2D eigenvalue weighted by molar-refractivity contribution is 5.31. The van der Waals surface area contributed by atoms with Gasteiger partial charge < -0.3 is 5.32 Å². The van der Waals surface area contributed by atoms with E-state index in [9.17, 15) is 0 Å². The van der Waals surface area contributed by atoms with Crippen molar-refractivity contribution in [2.75, 3.05) is 13.1 Å². The van der Waals surface area contributed by atoms with Gasteiger partial charge in [-0.25, -0.2) is 0 Å². The van der Waals surface area contributed by atoms with Crippen LogP contribution in [0.3, 0.4) is 0 Å². The van der Waals surface area contributed by atoms with Gasteiger partial charge in [0.15, 0.2) is 0 Å². The zero-order chi connectivity index (χ0) is 8.60. The molecule has 0 aromatic heterocycles. The maximum atomic E-state index is 3.31. The van der Waals surface area contributed by atoms with Gasteiger partial charge in [0.25, 0.3) is 0 Å². The number of benzene rings is 1. The highest BCUT2D eigenvalue weighted by atomic mass is 15.0. The molecular weight excluding hydrogens is 146 g/mol. The topological polar surface area (TPSA) is 12.0 Å². The van der Waals surface area contributed by atoms with Gasteiger partial charge in [0.2, 0.25) is 0 Å². The molecule has 12 heavy (non-hydrogen) atoms. The van der Waals surface area contributed by atoms with Gasteiger partial charge >= 0.3 is 0 Å². The highest BCUT2D eigenvalue weighted by Crippen LogP contribution is 2.27. The maximum absolute atomic E-state index is 3.31. The summed E-state index contributed by atoms with van der Waals surface area (Å²) in [5, 5.41) is 3.31. The van der Waals surface area contributed by atoms with Gasteiger partial charge in [-0.15, -0.1) is 0 Å². The van der Waals surface area contributed by atoms with Crippen molar-refractivity contribution in [3.63, 3.8) is 0 Å². The van der Waals surface area contributed by atoms with Crippen LogP contribution in [0, 0.1) is 6.92 Å². The van der Waals surface area contributed by atoms with Crippen LogP contribution < -0.4 is 5.32 Å². The van der Waals surface area contributed by atoms with E-state index in [1.165, 1.54) is 11.1 Å². The summed E-state index contributed by atoms with van der Waals surface area (Å²) < 4.78 is 0. The lowest BCUT2D eigenvalue weighted by Crippen LogP contribution is -2.54. The van der Waals surface area contributed by atoms with E-state index in [4.69, 9.17) is 0 Å². The van der Waals surface area contributed by atoms with Crippen LogP contribution in [0.15, 0.2) is 24.3 Å². The number of nitrogens with one attached hydrogen (secondary N) is 1. The van der Waals surface area contributed by atoms with Crippen LogP contribution in [0.4, 0.5) is 0 Å². The van der Waals surface area contributed by atoms with Crippen molar-refractivity contribution in [1.29, 1.82) is 0 Å². The Balaban J connectivity index is 2.28. The largest absolute Gasteiger partial charge is 0.315 e. The first-order valence-electron chi connectivity index (χ1n) is 4.49. The number of aryl methyl sites for hydroxylation is 1. The van der Waals surface area contributed by atoms with E-state index in [1.54, 1.807) is 0 Å². The van der Waals surface area contributed by atoms with E-state index in [-0.39, 0.29) is 0 Å². The summed E-state index contributed by atoms with van der Waals surface area (Å²) in [6, 6.07) is 8.88. The van der Waals surface area contributed by atoms with Gasteiger partial charge in [0, 0.05) is 18.5 Å². The Morgan fingerprint density at radius 1 is 1.17 bits per heavy atom. The summed E-state index contributed by atoms with van der Waals surface area (Å²) in [6.45, 7) is 6.69. The molecule has 0 atom stereocenters. The van der Waals surface area contributed by atoms with Crippen LogP contribution >= 0.6 is 0 Å². The third kappa shape index (κ3) is 1.14. The van der Waals surface area contributed by atoms with Crippen molar-refractivity contribution in [3.05, 3.63) is 35.4 Å². The van der Waals surface area contributed by atoms with E-state index in [0.29, 0.717) is 5.41 Å². The second-order valence-electron chi connectivity index (χ2n) is 4.03. The lowest BCUT2D eigenvalue weighted by Gasteiger charge is -2.40. The first kappa shape index (κ1) is 7.81. The van der Waals surface area contributed by atoms with Crippen LogP contribution in [-0.2, 0) is 5.41 Å². The number of hydrogen-bond donors (Lipinski definition) is 1. The van der Waals surface area contributed by atoms with Crippen LogP contribution in [-0.4, -0.2) is 13.1 Å². The fourth-order valence-corrected chi connectivity index (χ4v) is 1.66. The fourth-order valence-electron chi connectivity index (χ4n) is 1.66. The van der Waals surface area contributed by atoms with Crippen LogP contribution in [0.25, 0.3) is 0 Å². The lowest BCUT2D eigenvalue weighted by molar-refractivity contribution is 0.305. The van der Waals surface area contributed by atoms with Gasteiger partial charge in [0.05, 0.1) is 0 Å². The van der Waals surface area contributed by atoms with Crippen molar-refractivity contribution in [2.45, 2.75) is 19.3 Å². The molecule has 0 aliphatic carbocycles. The van der Waals surface area contributed by atoms with E-state index >= 15 is 0 Å². The average Bonchev–Trinajstić information content (AvgIpc) is 2.02. The van der Waals surface area contributed by atoms with Gasteiger partial charge in [-0.2, -0.15) is 0 Å². The Bertz CT molecular complexity index is 270. The van der Waals surface area contributed by atoms with E-state index in [1.807, 2.05) is 0 Å². The second kappa shape index (κ2) is 2.60. The molecule has 1 saturated heterocycles. The Morgan fingerprint density at radius 3 is 2.17 bits per heavy atom. The third-order valence-electron chi connectivity index (χ3n) is 2.78. The monoisotopic (exact) mass is 161 g/mol. The summed E-state index contributed by atoms with van der Waals surface area (Å²) in [7, 11) is 0. The second-order valence-corrected chi connectivity index (χ2v) is 4.03. The molecule has 1 heterocycles. The molecule has 1 fully saturated rings. The van der Waals surface area contributed by atoms with Gasteiger partial charge in [0.1, 0.15) is 0 Å². The molecule has 1 nitrogen and oxygen atoms in total. The Labute approximate surface area is 73.8 Å². The molecule has 1 aliphatic heterocycles. The zero-order valence-corrected chi connectivity index (χ0v) is 7.72. The van der Waals surface area contributed by atoms with Crippen LogP contribution in [0.2, 0.25) is 0 Å². The molecule has 0 amide bonds. The minimum Gasteiger partial charge on any atom is -0.315 e. The number of hydrogen-bond acceptors (Lipinski definition) is 1. The van der Waals surface area contributed by atoms with E-state index < -0.39 is 0 Å². The molecule has 1 aromatic carbocycles. The normalized spacial score (nSPS) is 20.2. The minimum atomic E-state index is 0.397. The van der Waals surface area contributed by atoms with Crippen molar-refractivity contribution < 1.29 is 0 Å².